The first-order valence-corrected chi connectivity index (χ1v) is 5.59. The molecule has 0 aliphatic heterocycles. The average Bonchev–Trinajstić information content (AvgIpc) is 2.23. The van der Waals surface area contributed by atoms with Gasteiger partial charge in [0.15, 0.2) is 5.82 Å². The van der Waals surface area contributed by atoms with Gasteiger partial charge >= 0.3 is 0 Å². The van der Waals surface area contributed by atoms with E-state index in [-0.39, 0.29) is 17.7 Å². The number of nitrogens with one attached hydrogen (secondary N) is 1. The Morgan fingerprint density at radius 3 is 2.56 bits per heavy atom. The number of nitrogens with two attached hydrogens (primary N) is 2. The zero-order chi connectivity index (χ0) is 13.9. The summed E-state index contributed by atoms with van der Waals surface area (Å²) in [7, 11) is 0. The third kappa shape index (κ3) is 3.22. The topological polar surface area (TPSA) is 116 Å². The van der Waals surface area contributed by atoms with Crippen molar-refractivity contribution >= 4 is 17.4 Å². The lowest BCUT2D eigenvalue weighted by molar-refractivity contribution is -0.121. The number of primary amides is 1. The van der Waals surface area contributed by atoms with Gasteiger partial charge in [-0.05, 0) is 27.7 Å². The van der Waals surface area contributed by atoms with Crippen LogP contribution in [-0.4, -0.2) is 27.5 Å². The number of rotatable bonds is 5. The maximum Gasteiger partial charge on any atom is 0.242 e. The Bertz CT molecular complexity index is 445. The molecule has 7 heteroatoms. The zero-order valence-corrected chi connectivity index (χ0v) is 11.0. The second kappa shape index (κ2) is 5.07. The van der Waals surface area contributed by atoms with E-state index in [1.54, 1.807) is 13.8 Å². The molecule has 1 aromatic rings. The van der Waals surface area contributed by atoms with Crippen molar-refractivity contribution in [3.05, 3.63) is 6.33 Å². The Morgan fingerprint density at radius 1 is 1.44 bits per heavy atom. The van der Waals surface area contributed by atoms with Crippen molar-refractivity contribution in [2.75, 3.05) is 11.1 Å². The number of hydrogen-bond donors (Lipinski definition) is 3. The van der Waals surface area contributed by atoms with Gasteiger partial charge in [0.05, 0.1) is 6.10 Å². The molecular formula is C11H19N5O2. The molecule has 0 spiro atoms. The molecule has 0 aliphatic rings. The van der Waals surface area contributed by atoms with E-state index in [9.17, 15) is 4.79 Å². The summed E-state index contributed by atoms with van der Waals surface area (Å²) in [5.74, 6) is 0.0964. The first kappa shape index (κ1) is 14.0. The van der Waals surface area contributed by atoms with E-state index in [2.05, 4.69) is 15.3 Å². The van der Waals surface area contributed by atoms with Crippen LogP contribution >= 0.6 is 0 Å². The van der Waals surface area contributed by atoms with Gasteiger partial charge in [-0.1, -0.05) is 0 Å². The zero-order valence-electron chi connectivity index (χ0n) is 11.0. The van der Waals surface area contributed by atoms with E-state index in [1.165, 1.54) is 6.33 Å². The lowest BCUT2D eigenvalue weighted by Gasteiger charge is -2.24. The summed E-state index contributed by atoms with van der Waals surface area (Å²) in [5, 5.41) is 2.87. The maximum absolute atomic E-state index is 11.2. The van der Waals surface area contributed by atoms with Crippen molar-refractivity contribution in [2.45, 2.75) is 39.3 Å². The van der Waals surface area contributed by atoms with E-state index in [0.29, 0.717) is 5.82 Å². The number of ether oxygens (including phenoxy) is 1. The van der Waals surface area contributed by atoms with E-state index in [0.717, 1.165) is 0 Å². The third-order valence-corrected chi connectivity index (χ3v) is 2.24. The van der Waals surface area contributed by atoms with Crippen molar-refractivity contribution in [2.24, 2.45) is 5.73 Å². The number of nitrogen functional groups attached to an aromatic ring is 1. The van der Waals surface area contributed by atoms with Crippen LogP contribution in [-0.2, 0) is 4.79 Å². The van der Waals surface area contributed by atoms with Gasteiger partial charge in [-0.3, -0.25) is 4.79 Å². The summed E-state index contributed by atoms with van der Waals surface area (Å²) < 4.78 is 5.43. The molecule has 5 N–H and O–H groups in total. The van der Waals surface area contributed by atoms with E-state index in [1.807, 2.05) is 13.8 Å². The van der Waals surface area contributed by atoms with Crippen LogP contribution < -0.4 is 21.5 Å². The van der Waals surface area contributed by atoms with Crippen molar-refractivity contribution in [1.29, 1.82) is 0 Å². The quantitative estimate of drug-likeness (QED) is 0.704. The normalized spacial score (nSPS) is 11.4. The molecule has 1 heterocycles. The fourth-order valence-electron chi connectivity index (χ4n) is 1.15. The Hall–Kier alpha value is -2.05. The number of hydrogen-bond acceptors (Lipinski definition) is 6. The van der Waals surface area contributed by atoms with Gasteiger partial charge in [0, 0.05) is 0 Å². The molecule has 0 radical (unpaired) electrons. The third-order valence-electron chi connectivity index (χ3n) is 2.24. The number of anilines is 2. The molecule has 0 bridgehead atoms. The first-order chi connectivity index (χ1) is 8.24. The number of carbonyl (C=O) groups is 1. The highest BCUT2D eigenvalue weighted by Crippen LogP contribution is 2.27. The van der Waals surface area contributed by atoms with Crippen molar-refractivity contribution in [3.63, 3.8) is 0 Å². The van der Waals surface area contributed by atoms with Gasteiger partial charge < -0.3 is 21.5 Å². The predicted octanol–water partition coefficient (Wildman–Crippen LogP) is 0.522. The Balaban J connectivity index is 3.01. The summed E-state index contributed by atoms with van der Waals surface area (Å²) in [5.41, 5.74) is 10.4. The molecule has 1 amide bonds. The molecule has 0 aliphatic carbocycles. The van der Waals surface area contributed by atoms with Crippen LogP contribution in [0.4, 0.5) is 11.5 Å². The summed E-state index contributed by atoms with van der Waals surface area (Å²) in [6.07, 6.45) is 1.26. The second-order valence-corrected chi connectivity index (χ2v) is 4.72. The predicted molar refractivity (Wildman–Crippen MR) is 69.1 cm³/mol. The molecule has 7 nitrogen and oxygen atoms in total. The standard InChI is InChI=1S/C11H19N5O2/c1-6(2)18-9-7(12)8(14-5-15-9)16-11(3,4)10(13)17/h5-6H,12H2,1-4H3,(H2,13,17)(H,14,15,16). The Kier molecular flexibility index (Phi) is 3.95. The van der Waals surface area contributed by atoms with Crippen molar-refractivity contribution in [3.8, 4) is 5.88 Å². The van der Waals surface area contributed by atoms with E-state index in [4.69, 9.17) is 16.2 Å². The van der Waals surface area contributed by atoms with Crippen LogP contribution in [0.5, 0.6) is 5.88 Å². The highest BCUT2D eigenvalue weighted by Gasteiger charge is 2.26. The summed E-state index contributed by atoms with van der Waals surface area (Å²) in [6.45, 7) is 7.00. The minimum Gasteiger partial charge on any atom is -0.473 e. The van der Waals surface area contributed by atoms with Crippen LogP contribution in [0.25, 0.3) is 0 Å². The van der Waals surface area contributed by atoms with Gasteiger partial charge in [0.2, 0.25) is 11.8 Å². The molecule has 100 valence electrons. The smallest absolute Gasteiger partial charge is 0.242 e. The Morgan fingerprint density at radius 2 is 2.06 bits per heavy atom. The molecule has 1 rings (SSSR count). The second-order valence-electron chi connectivity index (χ2n) is 4.72. The maximum atomic E-state index is 11.2. The fourth-order valence-corrected chi connectivity index (χ4v) is 1.15. The monoisotopic (exact) mass is 253 g/mol. The van der Waals surface area contributed by atoms with Crippen molar-refractivity contribution < 1.29 is 9.53 Å². The van der Waals surface area contributed by atoms with Gasteiger partial charge in [0.1, 0.15) is 17.6 Å². The minimum atomic E-state index is -0.961. The fraction of sp³-hybridized carbons (Fsp3) is 0.545. The molecule has 0 saturated carbocycles. The molecule has 0 fully saturated rings. The van der Waals surface area contributed by atoms with Crippen LogP contribution in [0, 0.1) is 0 Å². The average molecular weight is 253 g/mol. The molecule has 1 aromatic heterocycles. The lowest BCUT2D eigenvalue weighted by atomic mass is 10.1. The van der Waals surface area contributed by atoms with Crippen LogP contribution in [0.1, 0.15) is 27.7 Å². The lowest BCUT2D eigenvalue weighted by Crippen LogP contribution is -2.45. The molecular weight excluding hydrogens is 234 g/mol. The molecule has 18 heavy (non-hydrogen) atoms. The summed E-state index contributed by atoms with van der Waals surface area (Å²) >= 11 is 0. The van der Waals surface area contributed by atoms with Crippen LogP contribution in [0.15, 0.2) is 6.33 Å². The van der Waals surface area contributed by atoms with E-state index >= 15 is 0 Å². The molecule has 0 aromatic carbocycles. The minimum absolute atomic E-state index is 0.0563. The number of nitrogens with zero attached hydrogens (tertiary/aromatic N) is 2. The first-order valence-electron chi connectivity index (χ1n) is 5.59. The van der Waals surface area contributed by atoms with E-state index < -0.39 is 11.4 Å². The SMILES string of the molecule is CC(C)Oc1ncnc(NC(C)(C)C(N)=O)c1N. The largest absolute Gasteiger partial charge is 0.473 e. The number of amides is 1. The summed E-state index contributed by atoms with van der Waals surface area (Å²) in [4.78, 5) is 19.2. The number of aromatic nitrogens is 2. The van der Waals surface area contributed by atoms with Crippen molar-refractivity contribution in [1.82, 2.24) is 9.97 Å². The molecule has 0 saturated heterocycles. The highest BCUT2D eigenvalue weighted by atomic mass is 16.5. The number of carbonyl (C=O) groups excluding carboxylic acids is 1. The van der Waals surface area contributed by atoms with Gasteiger partial charge in [-0.25, -0.2) is 4.98 Å². The van der Waals surface area contributed by atoms with Gasteiger partial charge in [-0.2, -0.15) is 4.98 Å². The molecule has 0 atom stereocenters. The van der Waals surface area contributed by atoms with Gasteiger partial charge in [0.25, 0.3) is 0 Å². The molecule has 0 unspecified atom stereocenters. The summed E-state index contributed by atoms with van der Waals surface area (Å²) in [6, 6.07) is 0. The Labute approximate surface area is 106 Å². The van der Waals surface area contributed by atoms with Crippen LogP contribution in [0.3, 0.4) is 0 Å². The van der Waals surface area contributed by atoms with Gasteiger partial charge in [-0.15, -0.1) is 0 Å². The van der Waals surface area contributed by atoms with Crippen LogP contribution in [0.2, 0.25) is 0 Å². The highest BCUT2D eigenvalue weighted by molar-refractivity contribution is 5.87.